The smallest absolute Gasteiger partial charge is 0.399 e. The van der Waals surface area contributed by atoms with Crippen LogP contribution < -0.4 is 5.46 Å². The van der Waals surface area contributed by atoms with Crippen molar-refractivity contribution in [1.82, 2.24) is 4.98 Å². The molecule has 5 heteroatoms. The van der Waals surface area contributed by atoms with Crippen LogP contribution in [0, 0.1) is 6.92 Å². The lowest BCUT2D eigenvalue weighted by Crippen LogP contribution is -2.41. The maximum Gasteiger partial charge on any atom is 0.496 e. The molecule has 1 saturated heterocycles. The SMILES string of the molecule is CC[C@H](O)c1cc(C)c(B2OC(C)(C)C(C)(C)O2)cn1. The molecule has 1 atom stereocenters. The van der Waals surface area contributed by atoms with Gasteiger partial charge in [0.15, 0.2) is 0 Å². The van der Waals surface area contributed by atoms with E-state index in [0.29, 0.717) is 12.1 Å². The molecule has 1 aliphatic rings. The molecule has 1 fully saturated rings. The number of rotatable bonds is 3. The third-order valence-electron chi connectivity index (χ3n) is 4.41. The minimum absolute atomic E-state index is 0.355. The molecule has 20 heavy (non-hydrogen) atoms. The van der Waals surface area contributed by atoms with E-state index in [1.54, 1.807) is 6.20 Å². The van der Waals surface area contributed by atoms with E-state index in [-0.39, 0.29) is 11.2 Å². The van der Waals surface area contributed by atoms with E-state index in [1.807, 2.05) is 47.6 Å². The van der Waals surface area contributed by atoms with Gasteiger partial charge in [0.2, 0.25) is 0 Å². The summed E-state index contributed by atoms with van der Waals surface area (Å²) in [5, 5.41) is 9.85. The van der Waals surface area contributed by atoms with Gasteiger partial charge in [-0.25, -0.2) is 0 Å². The molecule has 0 spiro atoms. The number of pyridine rings is 1. The molecule has 0 amide bonds. The summed E-state index contributed by atoms with van der Waals surface area (Å²) in [5.41, 5.74) is 1.94. The Kier molecular flexibility index (Phi) is 3.97. The number of aliphatic hydroxyl groups is 1. The minimum atomic E-state index is -0.513. The number of aliphatic hydroxyl groups excluding tert-OH is 1. The number of nitrogens with zero attached hydrogens (tertiary/aromatic N) is 1. The topological polar surface area (TPSA) is 51.6 Å². The number of hydrogen-bond acceptors (Lipinski definition) is 4. The van der Waals surface area contributed by atoms with Gasteiger partial charge in [0, 0.05) is 11.7 Å². The van der Waals surface area contributed by atoms with Gasteiger partial charge in [-0.05, 0) is 52.7 Å². The van der Waals surface area contributed by atoms with Crippen molar-refractivity contribution >= 4 is 12.6 Å². The molecule has 1 aromatic heterocycles. The van der Waals surface area contributed by atoms with Crippen molar-refractivity contribution in [2.75, 3.05) is 0 Å². The van der Waals surface area contributed by atoms with Crippen LogP contribution in [0.15, 0.2) is 12.3 Å². The lowest BCUT2D eigenvalue weighted by molar-refractivity contribution is 0.00578. The zero-order chi connectivity index (χ0) is 15.1. The van der Waals surface area contributed by atoms with Crippen molar-refractivity contribution in [1.29, 1.82) is 0 Å². The van der Waals surface area contributed by atoms with Crippen LogP contribution in [-0.2, 0) is 9.31 Å². The zero-order valence-electron chi connectivity index (χ0n) is 13.2. The minimum Gasteiger partial charge on any atom is -0.399 e. The van der Waals surface area contributed by atoms with Gasteiger partial charge in [-0.2, -0.15) is 0 Å². The molecular weight excluding hydrogens is 253 g/mol. The molecule has 0 aromatic carbocycles. The van der Waals surface area contributed by atoms with E-state index in [2.05, 4.69) is 4.98 Å². The zero-order valence-corrected chi connectivity index (χ0v) is 13.2. The number of aryl methyl sites for hydroxylation is 1. The van der Waals surface area contributed by atoms with E-state index in [1.165, 1.54) is 0 Å². The summed E-state index contributed by atoms with van der Waals surface area (Å²) >= 11 is 0. The molecule has 110 valence electrons. The maximum atomic E-state index is 9.85. The largest absolute Gasteiger partial charge is 0.496 e. The molecule has 0 unspecified atom stereocenters. The Labute approximate surface area is 121 Å². The van der Waals surface area contributed by atoms with Gasteiger partial charge in [-0.3, -0.25) is 4.98 Å². The first-order chi connectivity index (χ1) is 9.18. The molecule has 0 bridgehead atoms. The van der Waals surface area contributed by atoms with Gasteiger partial charge in [0.05, 0.1) is 23.0 Å². The Morgan fingerprint density at radius 3 is 2.25 bits per heavy atom. The Morgan fingerprint density at radius 1 is 1.25 bits per heavy atom. The standard InChI is InChI=1S/C15H24BNO3/c1-7-13(18)12-8-10(2)11(9-17-12)16-19-14(3,4)15(5,6)20-16/h8-9,13,18H,7H2,1-6H3/t13-/m0/s1. The first-order valence-corrected chi connectivity index (χ1v) is 7.18. The lowest BCUT2D eigenvalue weighted by atomic mass is 9.77. The van der Waals surface area contributed by atoms with Gasteiger partial charge in [0.25, 0.3) is 0 Å². The van der Waals surface area contributed by atoms with Crippen LogP contribution in [0.3, 0.4) is 0 Å². The van der Waals surface area contributed by atoms with Gasteiger partial charge >= 0.3 is 7.12 Å². The average molecular weight is 277 g/mol. The van der Waals surface area contributed by atoms with Crippen LogP contribution in [0.25, 0.3) is 0 Å². The molecule has 1 aromatic rings. The Hall–Kier alpha value is -0.905. The van der Waals surface area contributed by atoms with Crippen LogP contribution >= 0.6 is 0 Å². The summed E-state index contributed by atoms with van der Waals surface area (Å²) in [7, 11) is -0.402. The first kappa shape index (κ1) is 15.5. The highest BCUT2D eigenvalue weighted by Crippen LogP contribution is 2.36. The Balaban J connectivity index is 2.28. The Morgan fingerprint density at radius 2 is 1.80 bits per heavy atom. The number of aromatic nitrogens is 1. The second kappa shape index (κ2) is 5.13. The summed E-state index contributed by atoms with van der Waals surface area (Å²) in [6.45, 7) is 12.1. The van der Waals surface area contributed by atoms with Crippen molar-refractivity contribution in [3.8, 4) is 0 Å². The van der Waals surface area contributed by atoms with Gasteiger partial charge in [-0.15, -0.1) is 0 Å². The average Bonchev–Trinajstić information content (AvgIpc) is 2.57. The highest BCUT2D eigenvalue weighted by atomic mass is 16.7. The predicted molar refractivity (Wildman–Crippen MR) is 79.9 cm³/mol. The second-order valence-corrected chi connectivity index (χ2v) is 6.48. The molecule has 2 rings (SSSR count). The molecular formula is C15H24BNO3. The fourth-order valence-electron chi connectivity index (χ4n) is 2.20. The molecule has 1 N–H and O–H groups in total. The molecule has 4 nitrogen and oxygen atoms in total. The predicted octanol–water partition coefficient (Wildman–Crippen LogP) is 2.13. The fourth-order valence-corrected chi connectivity index (χ4v) is 2.20. The molecule has 0 radical (unpaired) electrons. The summed E-state index contributed by atoms with van der Waals surface area (Å²) in [4.78, 5) is 4.34. The van der Waals surface area contributed by atoms with E-state index < -0.39 is 13.2 Å². The molecule has 0 saturated carbocycles. The highest BCUT2D eigenvalue weighted by molar-refractivity contribution is 6.62. The molecule has 0 aliphatic carbocycles. The third kappa shape index (κ3) is 2.62. The lowest BCUT2D eigenvalue weighted by Gasteiger charge is -2.32. The quantitative estimate of drug-likeness (QED) is 0.860. The van der Waals surface area contributed by atoms with E-state index >= 15 is 0 Å². The molecule has 2 heterocycles. The van der Waals surface area contributed by atoms with Gasteiger partial charge in [-0.1, -0.05) is 6.92 Å². The van der Waals surface area contributed by atoms with Crippen LogP contribution in [0.5, 0.6) is 0 Å². The van der Waals surface area contributed by atoms with E-state index in [4.69, 9.17) is 9.31 Å². The first-order valence-electron chi connectivity index (χ1n) is 7.18. The van der Waals surface area contributed by atoms with Crippen LogP contribution in [-0.4, -0.2) is 28.4 Å². The van der Waals surface area contributed by atoms with Crippen molar-refractivity contribution in [3.63, 3.8) is 0 Å². The summed E-state index contributed by atoms with van der Waals surface area (Å²) in [6, 6.07) is 1.91. The fraction of sp³-hybridized carbons (Fsp3) is 0.667. The maximum absolute atomic E-state index is 9.85. The summed E-state index contributed by atoms with van der Waals surface area (Å²) in [6.07, 6.45) is 1.90. The third-order valence-corrected chi connectivity index (χ3v) is 4.41. The van der Waals surface area contributed by atoms with E-state index in [9.17, 15) is 5.11 Å². The van der Waals surface area contributed by atoms with Crippen molar-refractivity contribution in [3.05, 3.63) is 23.5 Å². The molecule has 1 aliphatic heterocycles. The Bertz CT molecular complexity index is 486. The van der Waals surface area contributed by atoms with Crippen LogP contribution in [0.4, 0.5) is 0 Å². The summed E-state index contributed by atoms with van der Waals surface area (Å²) in [5.74, 6) is 0. The van der Waals surface area contributed by atoms with Crippen molar-refractivity contribution in [2.24, 2.45) is 0 Å². The van der Waals surface area contributed by atoms with Crippen molar-refractivity contribution < 1.29 is 14.4 Å². The van der Waals surface area contributed by atoms with E-state index in [0.717, 1.165) is 11.0 Å². The monoisotopic (exact) mass is 277 g/mol. The van der Waals surface area contributed by atoms with Gasteiger partial charge < -0.3 is 14.4 Å². The number of hydrogen-bond donors (Lipinski definition) is 1. The van der Waals surface area contributed by atoms with Crippen LogP contribution in [0.1, 0.15) is 58.4 Å². The van der Waals surface area contributed by atoms with Crippen LogP contribution in [0.2, 0.25) is 0 Å². The van der Waals surface area contributed by atoms with Gasteiger partial charge in [0.1, 0.15) is 0 Å². The summed E-state index contributed by atoms with van der Waals surface area (Å²) < 4.78 is 12.1. The van der Waals surface area contributed by atoms with Crippen molar-refractivity contribution in [2.45, 2.75) is 65.3 Å². The normalized spacial score (nSPS) is 22.1. The highest BCUT2D eigenvalue weighted by Gasteiger charge is 2.52. The second-order valence-electron chi connectivity index (χ2n) is 6.48.